The molecule has 25 heavy (non-hydrogen) atoms. The predicted molar refractivity (Wildman–Crippen MR) is 102 cm³/mol. The standard InChI is InChI=1S/C20H20N2O2S/c1-13-8-9-14(2)19(10-13)24-11-20(23)22-17-7-5-4-6-16(17)18-12-25-15(3)21-18/h4-10,12H,11H2,1-3H3,(H,22,23). The molecule has 1 aromatic heterocycles. The lowest BCUT2D eigenvalue weighted by Gasteiger charge is -2.12. The van der Waals surface area contributed by atoms with Gasteiger partial charge in [0.1, 0.15) is 5.75 Å². The lowest BCUT2D eigenvalue weighted by molar-refractivity contribution is -0.118. The van der Waals surface area contributed by atoms with Crippen LogP contribution >= 0.6 is 11.3 Å². The average molecular weight is 352 g/mol. The Morgan fingerprint density at radius 1 is 1.16 bits per heavy atom. The maximum atomic E-state index is 12.3. The first kappa shape index (κ1) is 17.2. The fourth-order valence-electron chi connectivity index (χ4n) is 2.50. The second-order valence-electron chi connectivity index (χ2n) is 5.90. The van der Waals surface area contributed by atoms with Crippen LogP contribution in [0.3, 0.4) is 0 Å². The fraction of sp³-hybridized carbons (Fsp3) is 0.200. The van der Waals surface area contributed by atoms with E-state index in [1.165, 1.54) is 0 Å². The maximum absolute atomic E-state index is 12.3. The van der Waals surface area contributed by atoms with Crippen LogP contribution in [-0.4, -0.2) is 17.5 Å². The first-order valence-electron chi connectivity index (χ1n) is 8.04. The number of carbonyl (C=O) groups is 1. The van der Waals surface area contributed by atoms with E-state index in [0.29, 0.717) is 0 Å². The molecule has 2 aromatic carbocycles. The van der Waals surface area contributed by atoms with E-state index in [2.05, 4.69) is 10.3 Å². The van der Waals surface area contributed by atoms with Crippen LogP contribution in [0.2, 0.25) is 0 Å². The Labute approximate surface area is 151 Å². The first-order chi connectivity index (χ1) is 12.0. The van der Waals surface area contributed by atoms with Gasteiger partial charge in [-0.25, -0.2) is 4.98 Å². The molecule has 0 atom stereocenters. The van der Waals surface area contributed by atoms with Crippen molar-refractivity contribution in [2.75, 3.05) is 11.9 Å². The van der Waals surface area contributed by atoms with Crippen molar-refractivity contribution in [1.29, 1.82) is 0 Å². The van der Waals surface area contributed by atoms with E-state index in [1.54, 1.807) is 11.3 Å². The number of thiazole rings is 1. The highest BCUT2D eigenvalue weighted by Gasteiger charge is 2.11. The topological polar surface area (TPSA) is 51.2 Å². The van der Waals surface area contributed by atoms with Crippen molar-refractivity contribution < 1.29 is 9.53 Å². The Balaban J connectivity index is 1.70. The van der Waals surface area contributed by atoms with E-state index in [4.69, 9.17) is 4.74 Å². The molecule has 0 fully saturated rings. The van der Waals surface area contributed by atoms with E-state index >= 15 is 0 Å². The van der Waals surface area contributed by atoms with E-state index in [-0.39, 0.29) is 12.5 Å². The van der Waals surface area contributed by atoms with E-state index in [0.717, 1.165) is 38.8 Å². The van der Waals surface area contributed by atoms with Gasteiger partial charge in [0.25, 0.3) is 5.91 Å². The molecule has 0 aliphatic carbocycles. The van der Waals surface area contributed by atoms with Crippen molar-refractivity contribution in [2.45, 2.75) is 20.8 Å². The summed E-state index contributed by atoms with van der Waals surface area (Å²) < 4.78 is 5.68. The largest absolute Gasteiger partial charge is 0.483 e. The highest BCUT2D eigenvalue weighted by molar-refractivity contribution is 7.09. The molecule has 5 heteroatoms. The third-order valence-corrected chi connectivity index (χ3v) is 4.57. The summed E-state index contributed by atoms with van der Waals surface area (Å²) in [6, 6.07) is 13.6. The van der Waals surface area contributed by atoms with Gasteiger partial charge in [-0.15, -0.1) is 11.3 Å². The summed E-state index contributed by atoms with van der Waals surface area (Å²) in [4.78, 5) is 16.8. The molecule has 0 unspecified atom stereocenters. The van der Waals surface area contributed by atoms with Gasteiger partial charge < -0.3 is 10.1 Å². The SMILES string of the molecule is Cc1ccc(C)c(OCC(=O)Nc2ccccc2-c2csc(C)n2)c1. The van der Waals surface area contributed by atoms with Crippen molar-refractivity contribution in [3.63, 3.8) is 0 Å². The van der Waals surface area contributed by atoms with Gasteiger partial charge in [-0.05, 0) is 44.0 Å². The molecule has 0 saturated heterocycles. The first-order valence-corrected chi connectivity index (χ1v) is 8.92. The smallest absolute Gasteiger partial charge is 0.262 e. The van der Waals surface area contributed by atoms with Crippen LogP contribution in [-0.2, 0) is 4.79 Å². The molecule has 1 amide bonds. The molecule has 0 bridgehead atoms. The number of ether oxygens (including phenoxy) is 1. The highest BCUT2D eigenvalue weighted by atomic mass is 32.1. The molecule has 1 heterocycles. The third-order valence-electron chi connectivity index (χ3n) is 3.80. The number of hydrogen-bond acceptors (Lipinski definition) is 4. The number of carbonyl (C=O) groups excluding carboxylic acids is 1. The van der Waals surface area contributed by atoms with Gasteiger partial charge in [0, 0.05) is 10.9 Å². The highest BCUT2D eigenvalue weighted by Crippen LogP contribution is 2.28. The summed E-state index contributed by atoms with van der Waals surface area (Å²) in [5, 5.41) is 5.91. The number of rotatable bonds is 5. The van der Waals surface area contributed by atoms with Gasteiger partial charge >= 0.3 is 0 Å². The van der Waals surface area contributed by atoms with Crippen molar-refractivity contribution in [3.05, 3.63) is 64.0 Å². The molecular formula is C20H20N2O2S. The van der Waals surface area contributed by atoms with Crippen LogP contribution < -0.4 is 10.1 Å². The normalized spacial score (nSPS) is 10.5. The summed E-state index contributed by atoms with van der Waals surface area (Å²) in [6.07, 6.45) is 0. The number of nitrogens with one attached hydrogen (secondary N) is 1. The maximum Gasteiger partial charge on any atom is 0.262 e. The minimum Gasteiger partial charge on any atom is -0.483 e. The summed E-state index contributed by atoms with van der Waals surface area (Å²) in [6.45, 7) is 5.90. The third kappa shape index (κ3) is 4.25. The Bertz CT molecular complexity index is 902. The quantitative estimate of drug-likeness (QED) is 0.721. The molecule has 0 aliphatic rings. The van der Waals surface area contributed by atoms with Crippen LogP contribution in [0, 0.1) is 20.8 Å². The van der Waals surface area contributed by atoms with Gasteiger partial charge in [-0.2, -0.15) is 0 Å². The number of para-hydroxylation sites is 1. The zero-order valence-electron chi connectivity index (χ0n) is 14.5. The number of aromatic nitrogens is 1. The van der Waals surface area contributed by atoms with Gasteiger partial charge in [-0.3, -0.25) is 4.79 Å². The molecule has 0 aliphatic heterocycles. The zero-order valence-corrected chi connectivity index (χ0v) is 15.3. The van der Waals surface area contributed by atoms with Gasteiger partial charge in [-0.1, -0.05) is 30.3 Å². The summed E-state index contributed by atoms with van der Waals surface area (Å²) >= 11 is 1.59. The Morgan fingerprint density at radius 2 is 1.96 bits per heavy atom. The Kier molecular flexibility index (Phi) is 5.14. The predicted octanol–water partition coefficient (Wildman–Crippen LogP) is 4.75. The van der Waals surface area contributed by atoms with Gasteiger partial charge in [0.15, 0.2) is 6.61 Å². The summed E-state index contributed by atoms with van der Waals surface area (Å²) in [5.74, 6) is 0.541. The van der Waals surface area contributed by atoms with Crippen molar-refractivity contribution in [1.82, 2.24) is 4.98 Å². The average Bonchev–Trinajstić information content (AvgIpc) is 3.02. The van der Waals surface area contributed by atoms with Crippen LogP contribution in [0.15, 0.2) is 47.8 Å². The molecule has 3 rings (SSSR count). The van der Waals surface area contributed by atoms with E-state index < -0.39 is 0 Å². The number of anilines is 1. The number of hydrogen-bond donors (Lipinski definition) is 1. The van der Waals surface area contributed by atoms with Gasteiger partial charge in [0.2, 0.25) is 0 Å². The molecule has 0 radical (unpaired) electrons. The molecular weight excluding hydrogens is 332 g/mol. The molecule has 4 nitrogen and oxygen atoms in total. The lowest BCUT2D eigenvalue weighted by atomic mass is 10.1. The van der Waals surface area contributed by atoms with Crippen molar-refractivity contribution in [3.8, 4) is 17.0 Å². The lowest BCUT2D eigenvalue weighted by Crippen LogP contribution is -2.20. The van der Waals surface area contributed by atoms with Crippen LogP contribution in [0.1, 0.15) is 16.1 Å². The van der Waals surface area contributed by atoms with Crippen LogP contribution in [0.5, 0.6) is 5.75 Å². The second-order valence-corrected chi connectivity index (χ2v) is 6.97. The van der Waals surface area contributed by atoms with Crippen LogP contribution in [0.4, 0.5) is 5.69 Å². The molecule has 0 saturated carbocycles. The molecule has 128 valence electrons. The number of nitrogens with zero attached hydrogens (tertiary/aromatic N) is 1. The molecule has 3 aromatic rings. The molecule has 1 N–H and O–H groups in total. The van der Waals surface area contributed by atoms with Crippen molar-refractivity contribution >= 4 is 22.9 Å². The number of aryl methyl sites for hydroxylation is 3. The van der Waals surface area contributed by atoms with E-state index in [1.807, 2.05) is 68.6 Å². The number of amides is 1. The minimum atomic E-state index is -0.194. The summed E-state index contributed by atoms with van der Waals surface area (Å²) in [5.41, 5.74) is 4.63. The second kappa shape index (κ2) is 7.49. The number of benzene rings is 2. The Morgan fingerprint density at radius 3 is 2.72 bits per heavy atom. The van der Waals surface area contributed by atoms with E-state index in [9.17, 15) is 4.79 Å². The fourth-order valence-corrected chi connectivity index (χ4v) is 3.11. The molecule has 0 spiro atoms. The minimum absolute atomic E-state index is 0.0330. The Hall–Kier alpha value is -2.66. The summed E-state index contributed by atoms with van der Waals surface area (Å²) in [7, 11) is 0. The monoisotopic (exact) mass is 352 g/mol. The van der Waals surface area contributed by atoms with Gasteiger partial charge in [0.05, 0.1) is 16.4 Å². The zero-order chi connectivity index (χ0) is 17.8. The van der Waals surface area contributed by atoms with Crippen LogP contribution in [0.25, 0.3) is 11.3 Å². The van der Waals surface area contributed by atoms with Crippen molar-refractivity contribution in [2.24, 2.45) is 0 Å².